The summed E-state index contributed by atoms with van der Waals surface area (Å²) in [5, 5.41) is 14.1. The number of ether oxygens (including phenoxy) is 1. The lowest BCUT2D eigenvalue weighted by Gasteiger charge is -2.06. The first-order chi connectivity index (χ1) is 11.5. The zero-order valence-electron chi connectivity index (χ0n) is 12.9. The molecule has 8 nitrogen and oxygen atoms in total. The molecule has 0 saturated carbocycles. The molecule has 0 atom stereocenters. The Balaban J connectivity index is 2.08. The molecule has 0 bridgehead atoms. The van der Waals surface area contributed by atoms with Gasteiger partial charge in [0.15, 0.2) is 0 Å². The average molecular weight is 368 g/mol. The number of rotatable bonds is 8. The number of thiophene rings is 1. The van der Waals surface area contributed by atoms with Gasteiger partial charge in [0.1, 0.15) is 9.77 Å². The lowest BCUT2D eigenvalue weighted by molar-refractivity contribution is 0.0602. The van der Waals surface area contributed by atoms with E-state index in [9.17, 15) is 13.2 Å². The molecule has 2 aromatic heterocycles. The van der Waals surface area contributed by atoms with Crippen molar-refractivity contribution in [2.75, 3.05) is 11.8 Å². The van der Waals surface area contributed by atoms with Crippen LogP contribution in [-0.4, -0.2) is 31.3 Å². The van der Waals surface area contributed by atoms with E-state index >= 15 is 0 Å². The lowest BCUT2D eigenvalue weighted by Crippen LogP contribution is -2.15. The number of aryl methyl sites for hydroxylation is 1. The van der Waals surface area contributed by atoms with Gasteiger partial charge in [-0.2, -0.15) is 10.4 Å². The van der Waals surface area contributed by atoms with E-state index in [1.165, 1.54) is 24.8 Å². The second-order valence-corrected chi connectivity index (χ2v) is 7.39. The normalized spacial score (nSPS) is 11.0. The van der Waals surface area contributed by atoms with Gasteiger partial charge in [-0.3, -0.25) is 9.40 Å². The minimum absolute atomic E-state index is 0.0221. The van der Waals surface area contributed by atoms with Gasteiger partial charge in [0.25, 0.3) is 10.0 Å². The molecule has 0 unspecified atom stereocenters. The maximum atomic E-state index is 12.4. The molecule has 2 rings (SSSR count). The van der Waals surface area contributed by atoms with E-state index in [2.05, 4.69) is 20.6 Å². The number of nitriles is 1. The third-order valence-electron chi connectivity index (χ3n) is 3.10. The Kier molecular flexibility index (Phi) is 5.94. The molecule has 0 aliphatic heterocycles. The fraction of sp³-hybridized carbons (Fsp3) is 0.357. The van der Waals surface area contributed by atoms with Crippen molar-refractivity contribution in [1.82, 2.24) is 9.78 Å². The fourth-order valence-corrected chi connectivity index (χ4v) is 4.34. The lowest BCUT2D eigenvalue weighted by atomic mass is 10.2. The molecule has 0 fully saturated rings. The first-order valence-corrected chi connectivity index (χ1v) is 9.42. The van der Waals surface area contributed by atoms with E-state index in [4.69, 9.17) is 5.26 Å². The van der Waals surface area contributed by atoms with E-state index in [1.807, 2.05) is 0 Å². The maximum absolute atomic E-state index is 12.4. The van der Waals surface area contributed by atoms with Crippen molar-refractivity contribution in [2.24, 2.45) is 0 Å². The van der Waals surface area contributed by atoms with Crippen molar-refractivity contribution in [3.05, 3.63) is 28.7 Å². The number of esters is 1. The molecule has 1 N–H and O–H groups in total. The standard InChI is InChI=1S/C14H16N4O4S2/c1-22-14(19)13-12(5-8-23-13)24(20,21)17-11-9-16-18(10-11)7-4-2-3-6-15/h5,8-10,17H,2-4,7H2,1H3. The van der Waals surface area contributed by atoms with Crippen molar-refractivity contribution < 1.29 is 17.9 Å². The number of methoxy groups -OCH3 is 1. The Hall–Kier alpha value is -2.38. The summed E-state index contributed by atoms with van der Waals surface area (Å²) in [7, 11) is -2.71. The van der Waals surface area contributed by atoms with Crippen LogP contribution in [0.25, 0.3) is 0 Å². The Morgan fingerprint density at radius 3 is 3.00 bits per heavy atom. The molecular formula is C14H16N4O4S2. The highest BCUT2D eigenvalue weighted by atomic mass is 32.2. The number of unbranched alkanes of at least 4 members (excludes halogenated alkanes) is 2. The van der Waals surface area contributed by atoms with Crippen LogP contribution in [0, 0.1) is 11.3 Å². The number of carbonyl (C=O) groups is 1. The third-order valence-corrected chi connectivity index (χ3v) is 5.55. The first-order valence-electron chi connectivity index (χ1n) is 7.06. The average Bonchev–Trinajstić information content (AvgIpc) is 3.20. The highest BCUT2D eigenvalue weighted by molar-refractivity contribution is 7.93. The van der Waals surface area contributed by atoms with Gasteiger partial charge in [-0.25, -0.2) is 13.2 Å². The molecule has 10 heteroatoms. The van der Waals surface area contributed by atoms with Gasteiger partial charge in [0.2, 0.25) is 0 Å². The number of aromatic nitrogens is 2. The summed E-state index contributed by atoms with van der Waals surface area (Å²) in [6.07, 6.45) is 4.97. The maximum Gasteiger partial charge on any atom is 0.349 e. The van der Waals surface area contributed by atoms with E-state index in [0.717, 1.165) is 24.2 Å². The summed E-state index contributed by atoms with van der Waals surface area (Å²) in [5.41, 5.74) is 0.303. The van der Waals surface area contributed by atoms with Crippen LogP contribution in [-0.2, 0) is 21.3 Å². The van der Waals surface area contributed by atoms with Crippen LogP contribution in [0.1, 0.15) is 28.9 Å². The minimum atomic E-state index is -3.91. The molecule has 0 amide bonds. The molecule has 2 aromatic rings. The minimum Gasteiger partial charge on any atom is -0.465 e. The SMILES string of the molecule is COC(=O)c1sccc1S(=O)(=O)Nc1cnn(CCCCC#N)c1. The Morgan fingerprint density at radius 1 is 1.50 bits per heavy atom. The first kappa shape index (κ1) is 18.0. The van der Waals surface area contributed by atoms with Crippen LogP contribution in [0.4, 0.5) is 5.69 Å². The van der Waals surface area contributed by atoms with Crippen molar-refractivity contribution in [3.63, 3.8) is 0 Å². The van der Waals surface area contributed by atoms with Crippen LogP contribution in [0.5, 0.6) is 0 Å². The Labute approximate surface area is 143 Å². The van der Waals surface area contributed by atoms with Crippen molar-refractivity contribution in [2.45, 2.75) is 30.7 Å². The molecular weight excluding hydrogens is 352 g/mol. The molecule has 0 aliphatic carbocycles. The summed E-state index contributed by atoms with van der Waals surface area (Å²) >= 11 is 1.000. The van der Waals surface area contributed by atoms with Crippen molar-refractivity contribution in [1.29, 1.82) is 5.26 Å². The molecule has 0 spiro atoms. The second-order valence-electron chi connectivity index (χ2n) is 4.82. The Bertz CT molecular complexity index is 848. The number of hydrogen-bond donors (Lipinski definition) is 1. The number of hydrogen-bond acceptors (Lipinski definition) is 7. The van der Waals surface area contributed by atoms with Gasteiger partial charge in [0.05, 0.1) is 25.1 Å². The zero-order chi connectivity index (χ0) is 17.6. The predicted molar refractivity (Wildman–Crippen MR) is 88.2 cm³/mol. The Morgan fingerprint density at radius 2 is 2.29 bits per heavy atom. The summed E-state index contributed by atoms with van der Waals surface area (Å²) in [6.45, 7) is 0.593. The van der Waals surface area contributed by atoms with Gasteiger partial charge in [-0.1, -0.05) is 0 Å². The van der Waals surface area contributed by atoms with E-state index in [-0.39, 0.29) is 9.77 Å². The van der Waals surface area contributed by atoms with Crippen molar-refractivity contribution >= 4 is 33.0 Å². The van der Waals surface area contributed by atoms with Gasteiger partial charge >= 0.3 is 5.97 Å². The van der Waals surface area contributed by atoms with Crippen LogP contribution in [0.15, 0.2) is 28.7 Å². The number of nitrogens with one attached hydrogen (secondary N) is 1. The van der Waals surface area contributed by atoms with Crippen molar-refractivity contribution in [3.8, 4) is 6.07 Å². The molecule has 2 heterocycles. The molecule has 0 saturated heterocycles. The van der Waals surface area contributed by atoms with Crippen LogP contribution >= 0.6 is 11.3 Å². The van der Waals surface area contributed by atoms with Crippen LogP contribution < -0.4 is 4.72 Å². The highest BCUT2D eigenvalue weighted by Crippen LogP contribution is 2.25. The number of carbonyl (C=O) groups excluding carboxylic acids is 1. The quantitative estimate of drug-likeness (QED) is 0.564. The molecule has 0 radical (unpaired) electrons. The molecule has 24 heavy (non-hydrogen) atoms. The van der Waals surface area contributed by atoms with E-state index < -0.39 is 16.0 Å². The van der Waals surface area contributed by atoms with Crippen LogP contribution in [0.2, 0.25) is 0 Å². The largest absolute Gasteiger partial charge is 0.465 e. The number of sulfonamides is 1. The van der Waals surface area contributed by atoms with Crippen LogP contribution in [0.3, 0.4) is 0 Å². The zero-order valence-corrected chi connectivity index (χ0v) is 14.6. The summed E-state index contributed by atoms with van der Waals surface area (Å²) < 4.78 is 33.4. The topological polar surface area (TPSA) is 114 Å². The molecule has 0 aliphatic rings. The fourth-order valence-electron chi connectivity index (χ4n) is 1.98. The van der Waals surface area contributed by atoms with Gasteiger partial charge in [-0.15, -0.1) is 11.3 Å². The summed E-state index contributed by atoms with van der Waals surface area (Å²) in [6, 6.07) is 3.42. The summed E-state index contributed by atoms with van der Waals surface area (Å²) in [5.74, 6) is -0.696. The van der Waals surface area contributed by atoms with E-state index in [1.54, 1.807) is 10.9 Å². The third kappa shape index (κ3) is 4.33. The second kappa shape index (κ2) is 7.94. The monoisotopic (exact) mass is 368 g/mol. The summed E-state index contributed by atoms with van der Waals surface area (Å²) in [4.78, 5) is 11.5. The van der Waals surface area contributed by atoms with E-state index in [0.29, 0.717) is 18.7 Å². The predicted octanol–water partition coefficient (Wildman–Crippen LogP) is 2.23. The van der Waals surface area contributed by atoms with Gasteiger partial charge in [-0.05, 0) is 24.3 Å². The van der Waals surface area contributed by atoms with Gasteiger partial charge in [0, 0.05) is 19.2 Å². The van der Waals surface area contributed by atoms with Gasteiger partial charge < -0.3 is 4.74 Å². The highest BCUT2D eigenvalue weighted by Gasteiger charge is 2.25. The smallest absolute Gasteiger partial charge is 0.349 e. The number of nitrogens with zero attached hydrogens (tertiary/aromatic N) is 3. The molecule has 128 valence electrons. The number of anilines is 1. The molecule has 0 aromatic carbocycles.